The monoisotopic (exact) mass is 412 g/mol. The molecule has 0 bridgehead atoms. The van der Waals surface area contributed by atoms with Crippen LogP contribution in [0.15, 0.2) is 79.6 Å². The zero-order valence-electron chi connectivity index (χ0n) is 16.5. The summed E-state index contributed by atoms with van der Waals surface area (Å²) in [6.07, 6.45) is 8.47. The minimum Gasteiger partial charge on any atom is -0.321 e. The average molecular weight is 412 g/mol. The van der Waals surface area contributed by atoms with E-state index in [0.717, 1.165) is 16.6 Å². The Hall–Kier alpha value is -4.33. The minimum absolute atomic E-state index is 0.328. The fourth-order valence-corrected chi connectivity index (χ4v) is 3.40. The van der Waals surface area contributed by atoms with Crippen molar-refractivity contribution in [2.45, 2.75) is 6.92 Å². The SMILES string of the molecule is Cc1ccc(NC(=O)c2ccnn2-c2ccc3ccc(-c4cncnc4)cn23)cc1F. The molecule has 7 nitrogen and oxygen atoms in total. The van der Waals surface area contributed by atoms with Gasteiger partial charge in [-0.15, -0.1) is 0 Å². The second-order valence-electron chi connectivity index (χ2n) is 7.08. The smallest absolute Gasteiger partial charge is 0.274 e. The molecule has 4 heterocycles. The van der Waals surface area contributed by atoms with E-state index in [1.807, 2.05) is 34.9 Å². The third-order valence-electron chi connectivity index (χ3n) is 5.05. The molecule has 0 aliphatic rings. The molecule has 0 atom stereocenters. The van der Waals surface area contributed by atoms with Crippen molar-refractivity contribution in [2.24, 2.45) is 0 Å². The number of halogens is 1. The number of hydrogen-bond acceptors (Lipinski definition) is 4. The zero-order chi connectivity index (χ0) is 21.4. The van der Waals surface area contributed by atoms with Crippen LogP contribution in [0.2, 0.25) is 0 Å². The zero-order valence-corrected chi connectivity index (χ0v) is 16.5. The Morgan fingerprint density at radius 1 is 1.00 bits per heavy atom. The van der Waals surface area contributed by atoms with Crippen LogP contribution in [-0.2, 0) is 0 Å². The number of rotatable bonds is 4. The molecule has 5 aromatic rings. The van der Waals surface area contributed by atoms with Gasteiger partial charge in [0.05, 0.1) is 6.20 Å². The maximum Gasteiger partial charge on any atom is 0.274 e. The largest absolute Gasteiger partial charge is 0.321 e. The van der Waals surface area contributed by atoms with E-state index in [-0.39, 0.29) is 11.7 Å². The first-order valence-electron chi connectivity index (χ1n) is 9.58. The minimum atomic E-state index is -0.386. The quantitative estimate of drug-likeness (QED) is 0.478. The van der Waals surface area contributed by atoms with Crippen molar-refractivity contribution < 1.29 is 9.18 Å². The molecule has 0 spiro atoms. The van der Waals surface area contributed by atoms with E-state index in [9.17, 15) is 9.18 Å². The second kappa shape index (κ2) is 7.49. The van der Waals surface area contributed by atoms with Crippen LogP contribution in [-0.4, -0.2) is 30.1 Å². The van der Waals surface area contributed by atoms with Gasteiger partial charge in [-0.25, -0.2) is 19.0 Å². The Kier molecular flexibility index (Phi) is 4.51. The lowest BCUT2D eigenvalue weighted by Crippen LogP contribution is -2.18. The molecular formula is C23H17FN6O. The third-order valence-corrected chi connectivity index (χ3v) is 5.05. The Morgan fingerprint density at radius 3 is 2.61 bits per heavy atom. The number of anilines is 1. The molecule has 0 saturated carbocycles. The van der Waals surface area contributed by atoms with E-state index in [0.29, 0.717) is 22.8 Å². The number of fused-ring (bicyclic) bond motifs is 1. The van der Waals surface area contributed by atoms with Gasteiger partial charge in [0.1, 0.15) is 23.7 Å². The third kappa shape index (κ3) is 3.44. The van der Waals surface area contributed by atoms with Crippen LogP contribution in [0, 0.1) is 12.7 Å². The first-order chi connectivity index (χ1) is 15.1. The predicted octanol–water partition coefficient (Wildman–Crippen LogP) is 4.28. The summed E-state index contributed by atoms with van der Waals surface area (Å²) in [6, 6.07) is 14.0. The molecule has 152 valence electrons. The number of amides is 1. The summed E-state index contributed by atoms with van der Waals surface area (Å²) in [5.74, 6) is -0.0661. The lowest BCUT2D eigenvalue weighted by Gasteiger charge is -2.10. The number of nitrogens with zero attached hydrogens (tertiary/aromatic N) is 5. The van der Waals surface area contributed by atoms with E-state index >= 15 is 0 Å². The lowest BCUT2D eigenvalue weighted by atomic mass is 10.1. The van der Waals surface area contributed by atoms with Crippen molar-refractivity contribution in [3.8, 4) is 16.9 Å². The van der Waals surface area contributed by atoms with Crippen LogP contribution in [0.1, 0.15) is 16.1 Å². The molecule has 31 heavy (non-hydrogen) atoms. The molecule has 1 amide bonds. The van der Waals surface area contributed by atoms with Crippen LogP contribution in [0.25, 0.3) is 22.5 Å². The Morgan fingerprint density at radius 2 is 1.81 bits per heavy atom. The van der Waals surface area contributed by atoms with Crippen LogP contribution in [0.4, 0.5) is 10.1 Å². The Labute approximate surface area is 176 Å². The van der Waals surface area contributed by atoms with Gasteiger partial charge in [0, 0.05) is 40.9 Å². The van der Waals surface area contributed by atoms with Gasteiger partial charge in [0.2, 0.25) is 0 Å². The normalized spacial score (nSPS) is 11.0. The van der Waals surface area contributed by atoms with Crippen molar-refractivity contribution in [3.05, 3.63) is 96.7 Å². The first-order valence-corrected chi connectivity index (χ1v) is 9.58. The van der Waals surface area contributed by atoms with E-state index in [1.165, 1.54) is 12.4 Å². The maximum atomic E-state index is 13.8. The number of hydrogen-bond donors (Lipinski definition) is 1. The summed E-state index contributed by atoms with van der Waals surface area (Å²) in [7, 11) is 0. The van der Waals surface area contributed by atoms with Gasteiger partial charge < -0.3 is 9.72 Å². The highest BCUT2D eigenvalue weighted by atomic mass is 19.1. The van der Waals surface area contributed by atoms with Crippen molar-refractivity contribution in [2.75, 3.05) is 5.32 Å². The van der Waals surface area contributed by atoms with Crippen molar-refractivity contribution in [3.63, 3.8) is 0 Å². The molecule has 0 unspecified atom stereocenters. The summed E-state index contributed by atoms with van der Waals surface area (Å²) in [6.45, 7) is 1.67. The van der Waals surface area contributed by atoms with E-state index < -0.39 is 0 Å². The van der Waals surface area contributed by atoms with Crippen LogP contribution in [0.3, 0.4) is 0 Å². The fraction of sp³-hybridized carbons (Fsp3) is 0.0435. The lowest BCUT2D eigenvalue weighted by molar-refractivity contribution is 0.101. The highest BCUT2D eigenvalue weighted by Crippen LogP contribution is 2.23. The molecule has 0 saturated heterocycles. The molecule has 1 aromatic carbocycles. The number of nitrogens with one attached hydrogen (secondary N) is 1. The summed E-state index contributed by atoms with van der Waals surface area (Å²) in [4.78, 5) is 21.0. The fourth-order valence-electron chi connectivity index (χ4n) is 3.40. The summed E-state index contributed by atoms with van der Waals surface area (Å²) in [5.41, 5.74) is 3.98. The topological polar surface area (TPSA) is 77.1 Å². The standard InChI is InChI=1S/C23H17FN6O/c1-15-2-4-18(10-20(15)24)28-23(31)21-8-9-27-30(21)22-7-6-19-5-3-16(13-29(19)22)17-11-25-14-26-12-17/h2-14H,1H3,(H,28,31). The van der Waals surface area contributed by atoms with Gasteiger partial charge in [-0.2, -0.15) is 5.10 Å². The molecule has 8 heteroatoms. The van der Waals surface area contributed by atoms with Crippen LogP contribution >= 0.6 is 0 Å². The number of carbonyl (C=O) groups is 1. The molecule has 1 N–H and O–H groups in total. The van der Waals surface area contributed by atoms with Gasteiger partial charge in [0.25, 0.3) is 5.91 Å². The number of carbonyl (C=O) groups excluding carboxylic acids is 1. The molecule has 4 aromatic heterocycles. The van der Waals surface area contributed by atoms with Crippen molar-refractivity contribution in [1.29, 1.82) is 0 Å². The molecule has 0 radical (unpaired) electrons. The highest BCUT2D eigenvalue weighted by Gasteiger charge is 2.17. The summed E-state index contributed by atoms with van der Waals surface area (Å²) < 4.78 is 17.3. The van der Waals surface area contributed by atoms with E-state index in [1.54, 1.807) is 48.4 Å². The molecule has 0 aliphatic carbocycles. The van der Waals surface area contributed by atoms with E-state index in [4.69, 9.17) is 0 Å². The van der Waals surface area contributed by atoms with Gasteiger partial charge in [-0.1, -0.05) is 12.1 Å². The Balaban J connectivity index is 1.52. The van der Waals surface area contributed by atoms with Gasteiger partial charge in [-0.05, 0) is 48.9 Å². The molecule has 0 aliphatic heterocycles. The first kappa shape index (κ1) is 18.7. The van der Waals surface area contributed by atoms with E-state index in [2.05, 4.69) is 20.4 Å². The van der Waals surface area contributed by atoms with Gasteiger partial charge in [0.15, 0.2) is 0 Å². The van der Waals surface area contributed by atoms with Crippen molar-refractivity contribution in [1.82, 2.24) is 24.1 Å². The number of pyridine rings is 1. The van der Waals surface area contributed by atoms with Crippen LogP contribution < -0.4 is 5.32 Å². The van der Waals surface area contributed by atoms with Crippen LogP contribution in [0.5, 0.6) is 0 Å². The van der Waals surface area contributed by atoms with Gasteiger partial charge in [-0.3, -0.25) is 4.79 Å². The summed E-state index contributed by atoms with van der Waals surface area (Å²) in [5, 5.41) is 7.08. The predicted molar refractivity (Wildman–Crippen MR) is 115 cm³/mol. The average Bonchev–Trinajstić information content (AvgIpc) is 3.43. The second-order valence-corrected chi connectivity index (χ2v) is 7.08. The number of aromatic nitrogens is 5. The molecule has 5 rings (SSSR count). The Bertz CT molecular complexity index is 1410. The highest BCUT2D eigenvalue weighted by molar-refractivity contribution is 6.03. The maximum absolute atomic E-state index is 13.8. The number of benzene rings is 1. The van der Waals surface area contributed by atoms with Crippen molar-refractivity contribution >= 4 is 17.1 Å². The summed E-state index contributed by atoms with van der Waals surface area (Å²) >= 11 is 0. The van der Waals surface area contributed by atoms with Gasteiger partial charge >= 0.3 is 0 Å². The molecule has 0 fully saturated rings. The number of aryl methyl sites for hydroxylation is 1. The molecular weight excluding hydrogens is 395 g/mol.